The van der Waals surface area contributed by atoms with Crippen molar-refractivity contribution >= 4 is 29.1 Å². The number of rotatable bonds is 3. The van der Waals surface area contributed by atoms with Gasteiger partial charge in [-0.3, -0.25) is 9.59 Å². The standard InChI is InChI=1S/C18H25ClN2O2/c1-12-6-5-7-20(10-12)17(23)11-21(15(4)22)18-14(3)8-13(2)9-16(18)19/h8-9,12H,5-7,10-11H2,1-4H3. The maximum Gasteiger partial charge on any atom is 0.242 e. The largest absolute Gasteiger partial charge is 0.341 e. The minimum Gasteiger partial charge on any atom is -0.341 e. The Labute approximate surface area is 143 Å². The van der Waals surface area contributed by atoms with E-state index in [1.165, 1.54) is 11.8 Å². The molecule has 1 unspecified atom stereocenters. The first kappa shape index (κ1) is 17.8. The number of carbonyl (C=O) groups excluding carboxylic acids is 2. The van der Waals surface area contributed by atoms with Gasteiger partial charge in [0, 0.05) is 20.0 Å². The van der Waals surface area contributed by atoms with Crippen LogP contribution in [0.1, 0.15) is 37.8 Å². The molecular formula is C18H25ClN2O2. The molecule has 0 aromatic heterocycles. The maximum absolute atomic E-state index is 12.6. The van der Waals surface area contributed by atoms with Gasteiger partial charge >= 0.3 is 0 Å². The van der Waals surface area contributed by atoms with Crippen molar-refractivity contribution in [3.05, 3.63) is 28.3 Å². The van der Waals surface area contributed by atoms with E-state index in [2.05, 4.69) is 6.92 Å². The second-order valence-electron chi connectivity index (χ2n) is 6.60. The highest BCUT2D eigenvalue weighted by molar-refractivity contribution is 6.34. The van der Waals surface area contributed by atoms with Crippen molar-refractivity contribution in [2.75, 3.05) is 24.5 Å². The van der Waals surface area contributed by atoms with E-state index in [-0.39, 0.29) is 18.4 Å². The fraction of sp³-hybridized carbons (Fsp3) is 0.556. The zero-order valence-electron chi connectivity index (χ0n) is 14.4. The summed E-state index contributed by atoms with van der Waals surface area (Å²) < 4.78 is 0. The van der Waals surface area contributed by atoms with E-state index in [1.807, 2.05) is 30.9 Å². The third-order valence-corrected chi connectivity index (χ3v) is 4.64. The number of piperidine rings is 1. The van der Waals surface area contributed by atoms with Gasteiger partial charge in [-0.15, -0.1) is 0 Å². The molecule has 0 radical (unpaired) electrons. The first-order chi connectivity index (χ1) is 10.8. The molecular weight excluding hydrogens is 312 g/mol. The summed E-state index contributed by atoms with van der Waals surface area (Å²) in [5.74, 6) is 0.336. The van der Waals surface area contributed by atoms with E-state index in [0.717, 1.165) is 37.1 Å². The van der Waals surface area contributed by atoms with Crippen LogP contribution in [0.3, 0.4) is 0 Å². The summed E-state index contributed by atoms with van der Waals surface area (Å²) in [6.45, 7) is 9.09. The van der Waals surface area contributed by atoms with Gasteiger partial charge in [0.05, 0.1) is 10.7 Å². The molecule has 23 heavy (non-hydrogen) atoms. The molecule has 2 rings (SSSR count). The van der Waals surface area contributed by atoms with Crippen LogP contribution in [0, 0.1) is 19.8 Å². The number of aryl methyl sites for hydroxylation is 2. The Balaban J connectivity index is 2.23. The Morgan fingerprint density at radius 1 is 1.35 bits per heavy atom. The van der Waals surface area contributed by atoms with Crippen LogP contribution in [-0.2, 0) is 9.59 Å². The molecule has 126 valence electrons. The zero-order valence-corrected chi connectivity index (χ0v) is 15.1. The third kappa shape index (κ3) is 4.25. The van der Waals surface area contributed by atoms with Crippen molar-refractivity contribution in [1.29, 1.82) is 0 Å². The van der Waals surface area contributed by atoms with Crippen molar-refractivity contribution in [2.24, 2.45) is 5.92 Å². The van der Waals surface area contributed by atoms with Crippen molar-refractivity contribution in [3.63, 3.8) is 0 Å². The number of hydrogen-bond acceptors (Lipinski definition) is 2. The molecule has 2 amide bonds. The number of hydrogen-bond donors (Lipinski definition) is 0. The Morgan fingerprint density at radius 2 is 2.04 bits per heavy atom. The zero-order chi connectivity index (χ0) is 17.1. The molecule has 0 saturated carbocycles. The number of benzene rings is 1. The summed E-state index contributed by atoms with van der Waals surface area (Å²) in [5.41, 5.74) is 2.59. The molecule has 1 aromatic rings. The van der Waals surface area contributed by atoms with Crippen LogP contribution < -0.4 is 4.90 Å². The van der Waals surface area contributed by atoms with Gasteiger partial charge in [-0.1, -0.05) is 24.6 Å². The maximum atomic E-state index is 12.6. The van der Waals surface area contributed by atoms with Gasteiger partial charge in [-0.25, -0.2) is 0 Å². The minimum atomic E-state index is -0.169. The van der Waals surface area contributed by atoms with Crippen LogP contribution in [0.15, 0.2) is 12.1 Å². The number of likely N-dealkylation sites (tertiary alicyclic amines) is 1. The number of nitrogens with zero attached hydrogens (tertiary/aromatic N) is 2. The second-order valence-corrected chi connectivity index (χ2v) is 7.01. The number of halogens is 1. The molecule has 0 N–H and O–H groups in total. The smallest absolute Gasteiger partial charge is 0.242 e. The topological polar surface area (TPSA) is 40.6 Å². The number of anilines is 1. The Hall–Kier alpha value is -1.55. The van der Waals surface area contributed by atoms with Crippen molar-refractivity contribution in [3.8, 4) is 0 Å². The number of amides is 2. The predicted molar refractivity (Wildman–Crippen MR) is 93.9 cm³/mol. The van der Waals surface area contributed by atoms with E-state index >= 15 is 0 Å². The molecule has 5 heteroatoms. The monoisotopic (exact) mass is 336 g/mol. The highest BCUT2D eigenvalue weighted by Crippen LogP contribution is 2.31. The van der Waals surface area contributed by atoms with Crippen LogP contribution in [0.2, 0.25) is 5.02 Å². The first-order valence-corrected chi connectivity index (χ1v) is 8.50. The fourth-order valence-electron chi connectivity index (χ4n) is 3.25. The normalized spacial score (nSPS) is 18.0. The summed E-state index contributed by atoms with van der Waals surface area (Å²) in [7, 11) is 0. The van der Waals surface area contributed by atoms with E-state index in [1.54, 1.807) is 0 Å². The number of carbonyl (C=O) groups is 2. The van der Waals surface area contributed by atoms with Crippen LogP contribution in [-0.4, -0.2) is 36.3 Å². The van der Waals surface area contributed by atoms with Gasteiger partial charge in [0.15, 0.2) is 0 Å². The lowest BCUT2D eigenvalue weighted by atomic mass is 10.0. The first-order valence-electron chi connectivity index (χ1n) is 8.12. The van der Waals surface area contributed by atoms with Gasteiger partial charge in [0.2, 0.25) is 11.8 Å². The van der Waals surface area contributed by atoms with Gasteiger partial charge in [0.1, 0.15) is 6.54 Å². The molecule has 0 bridgehead atoms. The van der Waals surface area contributed by atoms with E-state index in [9.17, 15) is 9.59 Å². The van der Waals surface area contributed by atoms with Crippen molar-refractivity contribution in [1.82, 2.24) is 4.90 Å². The minimum absolute atomic E-state index is 0.0113. The molecule has 0 spiro atoms. The van der Waals surface area contributed by atoms with Crippen molar-refractivity contribution < 1.29 is 9.59 Å². The van der Waals surface area contributed by atoms with E-state index < -0.39 is 0 Å². The van der Waals surface area contributed by atoms with Crippen LogP contribution in [0.5, 0.6) is 0 Å². The lowest BCUT2D eigenvalue weighted by Crippen LogP contribution is -2.46. The molecule has 1 atom stereocenters. The third-order valence-electron chi connectivity index (χ3n) is 4.35. The molecule has 1 aromatic carbocycles. The molecule has 0 aliphatic carbocycles. The molecule has 1 fully saturated rings. The van der Waals surface area contributed by atoms with Gasteiger partial charge in [0.25, 0.3) is 0 Å². The Kier molecular flexibility index (Phi) is 5.69. The second kappa shape index (κ2) is 7.35. The van der Waals surface area contributed by atoms with Crippen LogP contribution in [0.25, 0.3) is 0 Å². The van der Waals surface area contributed by atoms with Crippen LogP contribution >= 0.6 is 11.6 Å². The highest BCUT2D eigenvalue weighted by Gasteiger charge is 2.26. The van der Waals surface area contributed by atoms with Gasteiger partial charge in [-0.05, 0) is 49.8 Å². The summed E-state index contributed by atoms with van der Waals surface area (Å²) in [6.07, 6.45) is 2.18. The lowest BCUT2D eigenvalue weighted by Gasteiger charge is -2.33. The average Bonchev–Trinajstić information content (AvgIpc) is 2.44. The van der Waals surface area contributed by atoms with Gasteiger partial charge in [-0.2, -0.15) is 0 Å². The predicted octanol–water partition coefficient (Wildman–Crippen LogP) is 3.57. The molecule has 1 saturated heterocycles. The van der Waals surface area contributed by atoms with E-state index in [0.29, 0.717) is 16.6 Å². The Morgan fingerprint density at radius 3 is 2.61 bits per heavy atom. The average molecular weight is 337 g/mol. The molecule has 1 heterocycles. The summed E-state index contributed by atoms with van der Waals surface area (Å²) in [6, 6.07) is 3.80. The fourth-order valence-corrected chi connectivity index (χ4v) is 3.67. The summed E-state index contributed by atoms with van der Waals surface area (Å²) in [5, 5.41) is 0.512. The van der Waals surface area contributed by atoms with Crippen LogP contribution in [0.4, 0.5) is 5.69 Å². The van der Waals surface area contributed by atoms with E-state index in [4.69, 9.17) is 11.6 Å². The quantitative estimate of drug-likeness (QED) is 0.846. The SMILES string of the molecule is CC(=O)N(CC(=O)N1CCCC(C)C1)c1c(C)cc(C)cc1Cl. The summed E-state index contributed by atoms with van der Waals surface area (Å²) >= 11 is 6.35. The molecule has 1 aliphatic rings. The molecule has 1 aliphatic heterocycles. The lowest BCUT2D eigenvalue weighted by molar-refractivity contribution is -0.132. The summed E-state index contributed by atoms with van der Waals surface area (Å²) in [4.78, 5) is 28.1. The van der Waals surface area contributed by atoms with Crippen molar-refractivity contribution in [2.45, 2.75) is 40.5 Å². The highest BCUT2D eigenvalue weighted by atomic mass is 35.5. The molecule has 4 nitrogen and oxygen atoms in total. The van der Waals surface area contributed by atoms with Gasteiger partial charge < -0.3 is 9.80 Å². The Bertz CT molecular complexity index is 592.